The third-order valence-corrected chi connectivity index (χ3v) is 3.03. The number of halogens is 4. The lowest BCUT2D eigenvalue weighted by molar-refractivity contribution is -0.137. The standard InChI is InChI=1S/C12H15BrF3NO2/c1-19-7-5-17(4-6-18)11-3-2-9(13)8-10(11)12(14,15)16/h2-3,8,18H,4-7H2,1H3. The van der Waals surface area contributed by atoms with Gasteiger partial charge in [0, 0.05) is 30.4 Å². The van der Waals surface area contributed by atoms with E-state index in [-0.39, 0.29) is 32.0 Å². The lowest BCUT2D eigenvalue weighted by Gasteiger charge is -2.27. The number of alkyl halides is 3. The van der Waals surface area contributed by atoms with Crippen LogP contribution in [0.1, 0.15) is 5.56 Å². The molecule has 0 aromatic heterocycles. The highest BCUT2D eigenvalue weighted by molar-refractivity contribution is 9.10. The number of anilines is 1. The second-order valence-electron chi connectivity index (χ2n) is 3.86. The number of hydrogen-bond acceptors (Lipinski definition) is 3. The zero-order valence-corrected chi connectivity index (χ0v) is 12.0. The first-order valence-electron chi connectivity index (χ1n) is 5.61. The first kappa shape index (κ1) is 16.3. The Morgan fingerprint density at radius 2 is 2.00 bits per heavy atom. The minimum atomic E-state index is -4.44. The molecule has 0 aliphatic rings. The third-order valence-electron chi connectivity index (χ3n) is 2.54. The molecule has 0 saturated carbocycles. The van der Waals surface area contributed by atoms with E-state index in [1.165, 1.54) is 18.1 Å². The Morgan fingerprint density at radius 1 is 1.32 bits per heavy atom. The number of hydrogen-bond donors (Lipinski definition) is 1. The van der Waals surface area contributed by atoms with Crippen LogP contribution in [0.4, 0.5) is 18.9 Å². The van der Waals surface area contributed by atoms with E-state index in [9.17, 15) is 13.2 Å². The minimum absolute atomic E-state index is 0.0433. The van der Waals surface area contributed by atoms with Gasteiger partial charge in [0.1, 0.15) is 0 Å². The molecule has 0 fully saturated rings. The van der Waals surface area contributed by atoms with Gasteiger partial charge in [0.15, 0.2) is 0 Å². The van der Waals surface area contributed by atoms with E-state index >= 15 is 0 Å². The highest BCUT2D eigenvalue weighted by Gasteiger charge is 2.35. The van der Waals surface area contributed by atoms with Gasteiger partial charge in [-0.1, -0.05) is 15.9 Å². The molecule has 0 aliphatic heterocycles. The van der Waals surface area contributed by atoms with Crippen molar-refractivity contribution >= 4 is 21.6 Å². The Bertz CT molecular complexity index is 412. The van der Waals surface area contributed by atoms with E-state index in [0.29, 0.717) is 4.47 Å². The maximum Gasteiger partial charge on any atom is 0.418 e. The first-order valence-corrected chi connectivity index (χ1v) is 6.41. The molecule has 19 heavy (non-hydrogen) atoms. The monoisotopic (exact) mass is 341 g/mol. The summed E-state index contributed by atoms with van der Waals surface area (Å²) < 4.78 is 44.3. The third kappa shape index (κ3) is 4.67. The van der Waals surface area contributed by atoms with E-state index in [1.807, 2.05) is 0 Å². The lowest BCUT2D eigenvalue weighted by atomic mass is 10.1. The normalized spacial score (nSPS) is 11.7. The van der Waals surface area contributed by atoms with Gasteiger partial charge < -0.3 is 14.7 Å². The average Bonchev–Trinajstić information content (AvgIpc) is 2.33. The fraction of sp³-hybridized carbons (Fsp3) is 0.500. The van der Waals surface area contributed by atoms with Crippen LogP contribution < -0.4 is 4.90 Å². The Morgan fingerprint density at radius 3 is 2.53 bits per heavy atom. The zero-order valence-electron chi connectivity index (χ0n) is 10.4. The lowest BCUT2D eigenvalue weighted by Crippen LogP contribution is -2.32. The number of ether oxygens (including phenoxy) is 1. The van der Waals surface area contributed by atoms with Crippen molar-refractivity contribution in [3.63, 3.8) is 0 Å². The quantitative estimate of drug-likeness (QED) is 0.863. The topological polar surface area (TPSA) is 32.7 Å². The second-order valence-corrected chi connectivity index (χ2v) is 4.78. The number of aliphatic hydroxyl groups excluding tert-OH is 1. The molecule has 0 unspecified atom stereocenters. The van der Waals surface area contributed by atoms with E-state index in [1.54, 1.807) is 6.07 Å². The van der Waals surface area contributed by atoms with Crippen LogP contribution in [-0.4, -0.2) is 38.5 Å². The smallest absolute Gasteiger partial charge is 0.395 e. The molecular weight excluding hydrogens is 327 g/mol. The summed E-state index contributed by atoms with van der Waals surface area (Å²) in [4.78, 5) is 1.46. The van der Waals surface area contributed by atoms with Crippen LogP contribution in [0.2, 0.25) is 0 Å². The molecule has 1 rings (SSSR count). The summed E-state index contributed by atoms with van der Waals surface area (Å²) in [6, 6.07) is 3.96. The summed E-state index contributed by atoms with van der Waals surface area (Å²) in [6.45, 7) is 0.459. The number of methoxy groups -OCH3 is 1. The van der Waals surface area contributed by atoms with Gasteiger partial charge in [-0.25, -0.2) is 0 Å². The van der Waals surface area contributed by atoms with Crippen LogP contribution in [0.5, 0.6) is 0 Å². The molecule has 1 aromatic carbocycles. The Kier molecular flexibility index (Phi) is 6.09. The van der Waals surface area contributed by atoms with Gasteiger partial charge in [-0.3, -0.25) is 0 Å². The Labute approximate surface area is 118 Å². The van der Waals surface area contributed by atoms with Gasteiger partial charge in [-0.2, -0.15) is 13.2 Å². The molecule has 0 saturated heterocycles. The van der Waals surface area contributed by atoms with Crippen molar-refractivity contribution in [1.82, 2.24) is 0 Å². The molecule has 0 heterocycles. The fourth-order valence-corrected chi connectivity index (χ4v) is 2.05. The summed E-state index contributed by atoms with van der Waals surface area (Å²) in [5.74, 6) is 0. The molecule has 0 amide bonds. The molecule has 0 bridgehead atoms. The Balaban J connectivity index is 3.14. The zero-order chi connectivity index (χ0) is 14.5. The van der Waals surface area contributed by atoms with Crippen molar-refractivity contribution in [2.45, 2.75) is 6.18 Å². The molecule has 108 valence electrons. The van der Waals surface area contributed by atoms with E-state index in [0.717, 1.165) is 6.07 Å². The maximum absolute atomic E-state index is 13.0. The molecule has 3 nitrogen and oxygen atoms in total. The van der Waals surface area contributed by atoms with Crippen LogP contribution in [0.25, 0.3) is 0 Å². The fourth-order valence-electron chi connectivity index (χ4n) is 1.69. The van der Waals surface area contributed by atoms with E-state index in [4.69, 9.17) is 9.84 Å². The van der Waals surface area contributed by atoms with Crippen molar-refractivity contribution in [3.8, 4) is 0 Å². The van der Waals surface area contributed by atoms with Gasteiger partial charge in [0.05, 0.1) is 18.8 Å². The van der Waals surface area contributed by atoms with Crippen molar-refractivity contribution in [2.24, 2.45) is 0 Å². The van der Waals surface area contributed by atoms with Crippen molar-refractivity contribution in [1.29, 1.82) is 0 Å². The highest BCUT2D eigenvalue weighted by Crippen LogP contribution is 2.38. The van der Waals surface area contributed by atoms with E-state index in [2.05, 4.69) is 15.9 Å². The van der Waals surface area contributed by atoms with Crippen LogP contribution in [-0.2, 0) is 10.9 Å². The maximum atomic E-state index is 13.0. The minimum Gasteiger partial charge on any atom is -0.395 e. The summed E-state index contributed by atoms with van der Waals surface area (Å²) in [6.07, 6.45) is -4.44. The molecule has 0 atom stereocenters. The van der Waals surface area contributed by atoms with Crippen LogP contribution in [0.15, 0.2) is 22.7 Å². The molecule has 0 spiro atoms. The van der Waals surface area contributed by atoms with Crippen molar-refractivity contribution < 1.29 is 23.0 Å². The van der Waals surface area contributed by atoms with Crippen LogP contribution >= 0.6 is 15.9 Å². The van der Waals surface area contributed by atoms with Gasteiger partial charge in [0.2, 0.25) is 0 Å². The number of benzene rings is 1. The second kappa shape index (κ2) is 7.12. The largest absolute Gasteiger partial charge is 0.418 e. The predicted molar refractivity (Wildman–Crippen MR) is 70.3 cm³/mol. The van der Waals surface area contributed by atoms with Crippen LogP contribution in [0.3, 0.4) is 0 Å². The SMILES string of the molecule is COCCN(CCO)c1ccc(Br)cc1C(F)(F)F. The summed E-state index contributed by atoms with van der Waals surface area (Å²) in [5, 5.41) is 8.97. The molecule has 0 radical (unpaired) electrons. The molecule has 7 heteroatoms. The first-order chi connectivity index (χ1) is 8.90. The highest BCUT2D eigenvalue weighted by atomic mass is 79.9. The number of rotatable bonds is 6. The van der Waals surface area contributed by atoms with Crippen molar-refractivity contribution in [3.05, 3.63) is 28.2 Å². The van der Waals surface area contributed by atoms with Gasteiger partial charge >= 0.3 is 6.18 Å². The van der Waals surface area contributed by atoms with Gasteiger partial charge in [-0.05, 0) is 18.2 Å². The van der Waals surface area contributed by atoms with Gasteiger partial charge in [-0.15, -0.1) is 0 Å². The van der Waals surface area contributed by atoms with E-state index < -0.39 is 11.7 Å². The molecular formula is C12H15BrF3NO2. The molecule has 1 N–H and O–H groups in total. The molecule has 1 aromatic rings. The van der Waals surface area contributed by atoms with Crippen LogP contribution in [0, 0.1) is 0 Å². The summed E-state index contributed by atoms with van der Waals surface area (Å²) >= 11 is 3.04. The number of aliphatic hydroxyl groups is 1. The van der Waals surface area contributed by atoms with Crippen molar-refractivity contribution in [2.75, 3.05) is 38.3 Å². The Hall–Kier alpha value is -0.790. The number of nitrogens with zero attached hydrogens (tertiary/aromatic N) is 1. The van der Waals surface area contributed by atoms with Gasteiger partial charge in [0.25, 0.3) is 0 Å². The predicted octanol–water partition coefficient (Wildman–Crippen LogP) is 2.91. The molecule has 0 aliphatic carbocycles. The average molecular weight is 342 g/mol. The summed E-state index contributed by atoms with van der Waals surface area (Å²) in [7, 11) is 1.48. The summed E-state index contributed by atoms with van der Waals surface area (Å²) in [5.41, 5.74) is -0.687.